The SMILES string of the molecule is COC(=O)[C@@]1([N+](=O)[O-])C[C@H]1c1ccccc1. The first kappa shape index (κ1) is 10.6. The van der Waals surface area contributed by atoms with E-state index < -0.39 is 16.4 Å². The van der Waals surface area contributed by atoms with E-state index in [4.69, 9.17) is 0 Å². The lowest BCUT2D eigenvalue weighted by Crippen LogP contribution is -2.34. The van der Waals surface area contributed by atoms with Gasteiger partial charge in [-0.3, -0.25) is 10.1 Å². The van der Waals surface area contributed by atoms with Crippen LogP contribution in [0.2, 0.25) is 0 Å². The predicted octanol–water partition coefficient (Wildman–Crippen LogP) is 1.36. The third kappa shape index (κ3) is 1.36. The Morgan fingerprint density at radius 3 is 2.62 bits per heavy atom. The number of hydrogen-bond donors (Lipinski definition) is 0. The van der Waals surface area contributed by atoms with E-state index >= 15 is 0 Å². The van der Waals surface area contributed by atoms with Crippen LogP contribution >= 0.6 is 0 Å². The number of rotatable bonds is 3. The summed E-state index contributed by atoms with van der Waals surface area (Å²) in [5.41, 5.74) is -0.750. The monoisotopic (exact) mass is 221 g/mol. The van der Waals surface area contributed by atoms with Crippen LogP contribution in [0.25, 0.3) is 0 Å². The minimum atomic E-state index is -1.56. The fraction of sp³-hybridized carbons (Fsp3) is 0.364. The van der Waals surface area contributed by atoms with Crippen LogP contribution in [0.3, 0.4) is 0 Å². The van der Waals surface area contributed by atoms with Crippen molar-refractivity contribution >= 4 is 5.97 Å². The second-order valence-corrected chi connectivity index (χ2v) is 3.84. The molecule has 1 saturated carbocycles. The summed E-state index contributed by atoms with van der Waals surface area (Å²) in [7, 11) is 1.17. The normalized spacial score (nSPS) is 27.2. The Hall–Kier alpha value is -1.91. The maximum absolute atomic E-state index is 11.5. The van der Waals surface area contributed by atoms with Gasteiger partial charge in [-0.25, -0.2) is 4.79 Å². The summed E-state index contributed by atoms with van der Waals surface area (Å²) in [6, 6.07) is 9.01. The van der Waals surface area contributed by atoms with Crippen molar-refractivity contribution in [1.29, 1.82) is 0 Å². The van der Waals surface area contributed by atoms with E-state index in [1.54, 1.807) is 24.3 Å². The fourth-order valence-corrected chi connectivity index (χ4v) is 2.01. The number of nitrogens with zero attached hydrogens (tertiary/aromatic N) is 1. The molecule has 0 radical (unpaired) electrons. The third-order valence-electron chi connectivity index (χ3n) is 3.00. The summed E-state index contributed by atoms with van der Waals surface area (Å²) in [4.78, 5) is 21.9. The lowest BCUT2D eigenvalue weighted by molar-refractivity contribution is -0.526. The zero-order valence-corrected chi connectivity index (χ0v) is 8.75. The van der Waals surface area contributed by atoms with Crippen molar-refractivity contribution in [3.05, 3.63) is 46.0 Å². The van der Waals surface area contributed by atoms with Crippen LogP contribution in [-0.2, 0) is 9.53 Å². The quantitative estimate of drug-likeness (QED) is 0.439. The molecule has 0 aliphatic heterocycles. The zero-order chi connectivity index (χ0) is 11.8. The van der Waals surface area contributed by atoms with Crippen molar-refractivity contribution in [2.24, 2.45) is 0 Å². The molecule has 2 rings (SSSR count). The second-order valence-electron chi connectivity index (χ2n) is 3.84. The topological polar surface area (TPSA) is 69.4 Å². The van der Waals surface area contributed by atoms with E-state index in [9.17, 15) is 14.9 Å². The van der Waals surface area contributed by atoms with Gasteiger partial charge in [0.1, 0.15) is 0 Å². The number of carbonyl (C=O) groups excluding carboxylic acids is 1. The average molecular weight is 221 g/mol. The number of benzene rings is 1. The van der Waals surface area contributed by atoms with Gasteiger partial charge in [0.25, 0.3) is 0 Å². The first-order valence-electron chi connectivity index (χ1n) is 4.91. The molecular weight excluding hydrogens is 210 g/mol. The van der Waals surface area contributed by atoms with E-state index in [0.717, 1.165) is 5.56 Å². The van der Waals surface area contributed by atoms with Gasteiger partial charge in [0, 0.05) is 11.3 Å². The van der Waals surface area contributed by atoms with Gasteiger partial charge in [0.15, 0.2) is 0 Å². The van der Waals surface area contributed by atoms with Gasteiger partial charge >= 0.3 is 11.5 Å². The number of hydrogen-bond acceptors (Lipinski definition) is 4. The molecule has 0 saturated heterocycles. The molecule has 1 aromatic rings. The van der Waals surface area contributed by atoms with Crippen LogP contribution in [0.15, 0.2) is 30.3 Å². The van der Waals surface area contributed by atoms with Gasteiger partial charge in [0.2, 0.25) is 0 Å². The summed E-state index contributed by atoms with van der Waals surface area (Å²) in [5, 5.41) is 11.0. The molecule has 1 aromatic carbocycles. The second kappa shape index (κ2) is 3.59. The Labute approximate surface area is 92.2 Å². The average Bonchev–Trinajstić information content (AvgIpc) is 3.06. The number of nitro groups is 1. The first-order valence-corrected chi connectivity index (χ1v) is 4.91. The van der Waals surface area contributed by atoms with Crippen molar-refractivity contribution in [2.45, 2.75) is 17.9 Å². The molecule has 5 heteroatoms. The highest BCUT2D eigenvalue weighted by Gasteiger charge is 2.73. The van der Waals surface area contributed by atoms with Gasteiger partial charge in [-0.1, -0.05) is 30.3 Å². The highest BCUT2D eigenvalue weighted by molar-refractivity contribution is 5.85. The van der Waals surface area contributed by atoms with E-state index in [-0.39, 0.29) is 12.3 Å². The van der Waals surface area contributed by atoms with E-state index in [1.165, 1.54) is 7.11 Å². The summed E-state index contributed by atoms with van der Waals surface area (Å²) >= 11 is 0. The number of carbonyl (C=O) groups is 1. The molecule has 16 heavy (non-hydrogen) atoms. The summed E-state index contributed by atoms with van der Waals surface area (Å²) in [6.07, 6.45) is 0.219. The molecule has 0 spiro atoms. The Balaban J connectivity index is 2.30. The fourth-order valence-electron chi connectivity index (χ4n) is 2.01. The van der Waals surface area contributed by atoms with Crippen molar-refractivity contribution in [1.82, 2.24) is 0 Å². The van der Waals surface area contributed by atoms with Gasteiger partial charge in [-0.2, -0.15) is 0 Å². The number of ether oxygens (including phenoxy) is 1. The highest BCUT2D eigenvalue weighted by Crippen LogP contribution is 2.54. The van der Waals surface area contributed by atoms with Crippen LogP contribution in [0.4, 0.5) is 0 Å². The van der Waals surface area contributed by atoms with Gasteiger partial charge < -0.3 is 4.74 Å². The molecule has 2 atom stereocenters. The van der Waals surface area contributed by atoms with Crippen LogP contribution in [0.1, 0.15) is 17.9 Å². The van der Waals surface area contributed by atoms with Crippen LogP contribution in [0, 0.1) is 10.1 Å². The van der Waals surface area contributed by atoms with E-state index in [1.807, 2.05) is 6.07 Å². The smallest absolute Gasteiger partial charge is 0.385 e. The minimum absolute atomic E-state index is 0.219. The van der Waals surface area contributed by atoms with Crippen molar-refractivity contribution in [3.63, 3.8) is 0 Å². The Morgan fingerprint density at radius 2 is 2.12 bits per heavy atom. The summed E-state index contributed by atoms with van der Waals surface area (Å²) in [6.45, 7) is 0. The lowest BCUT2D eigenvalue weighted by Gasteiger charge is -2.06. The molecule has 0 N–H and O–H groups in total. The summed E-state index contributed by atoms with van der Waals surface area (Å²) in [5.74, 6) is -1.12. The van der Waals surface area contributed by atoms with E-state index in [2.05, 4.69) is 4.74 Å². The van der Waals surface area contributed by atoms with Crippen molar-refractivity contribution in [3.8, 4) is 0 Å². The van der Waals surface area contributed by atoms with Gasteiger partial charge in [0.05, 0.1) is 13.0 Å². The Kier molecular flexibility index (Phi) is 2.38. The van der Waals surface area contributed by atoms with Crippen molar-refractivity contribution in [2.75, 3.05) is 7.11 Å². The molecule has 84 valence electrons. The maximum atomic E-state index is 11.5. The number of methoxy groups -OCH3 is 1. The van der Waals surface area contributed by atoms with Gasteiger partial charge in [-0.15, -0.1) is 0 Å². The minimum Gasteiger partial charge on any atom is -0.464 e. The molecule has 1 aliphatic carbocycles. The predicted molar refractivity (Wildman–Crippen MR) is 55.5 cm³/mol. The molecule has 0 bridgehead atoms. The molecule has 0 amide bonds. The molecule has 5 nitrogen and oxygen atoms in total. The molecule has 0 unspecified atom stereocenters. The molecule has 1 aliphatic rings. The van der Waals surface area contributed by atoms with Gasteiger partial charge in [-0.05, 0) is 5.56 Å². The zero-order valence-electron chi connectivity index (χ0n) is 8.75. The third-order valence-corrected chi connectivity index (χ3v) is 3.00. The Bertz CT molecular complexity index is 431. The molecule has 1 fully saturated rings. The lowest BCUT2D eigenvalue weighted by atomic mass is 10.1. The molecule has 0 aromatic heterocycles. The summed E-state index contributed by atoms with van der Waals surface area (Å²) < 4.78 is 4.51. The first-order chi connectivity index (χ1) is 7.63. The van der Waals surface area contributed by atoms with Crippen LogP contribution in [-0.4, -0.2) is 23.5 Å². The van der Waals surface area contributed by atoms with E-state index in [0.29, 0.717) is 0 Å². The van der Waals surface area contributed by atoms with Crippen LogP contribution < -0.4 is 0 Å². The number of esters is 1. The maximum Gasteiger partial charge on any atom is 0.385 e. The Morgan fingerprint density at radius 1 is 1.50 bits per heavy atom. The highest BCUT2D eigenvalue weighted by atomic mass is 16.6. The molecule has 0 heterocycles. The largest absolute Gasteiger partial charge is 0.464 e. The standard InChI is InChI=1S/C11H11NO4/c1-16-10(13)11(12(14)15)7-9(11)8-5-3-2-4-6-8/h2-6,9H,7H2,1H3/t9-,11+/m0/s1. The molecular formula is C11H11NO4. The van der Waals surface area contributed by atoms with Crippen molar-refractivity contribution < 1.29 is 14.5 Å². The van der Waals surface area contributed by atoms with Crippen LogP contribution in [0.5, 0.6) is 0 Å².